The third-order valence-corrected chi connectivity index (χ3v) is 4.38. The first-order valence-corrected chi connectivity index (χ1v) is 8.07. The van der Waals surface area contributed by atoms with Crippen LogP contribution in [0.1, 0.15) is 59.8 Å². The van der Waals surface area contributed by atoms with Gasteiger partial charge in [-0.15, -0.1) is 0 Å². The number of nitrogens with zero attached hydrogens (tertiary/aromatic N) is 1. The van der Waals surface area contributed by atoms with Crippen molar-refractivity contribution >= 4 is 0 Å². The summed E-state index contributed by atoms with van der Waals surface area (Å²) < 4.78 is 0. The molecule has 1 saturated heterocycles. The normalized spacial score (nSPS) is 20.5. The molecule has 0 saturated carbocycles. The van der Waals surface area contributed by atoms with Gasteiger partial charge in [-0.25, -0.2) is 0 Å². The van der Waals surface area contributed by atoms with Crippen LogP contribution in [-0.2, 0) is 0 Å². The van der Waals surface area contributed by atoms with Crippen molar-refractivity contribution < 1.29 is 0 Å². The van der Waals surface area contributed by atoms with Gasteiger partial charge in [0.25, 0.3) is 0 Å². The van der Waals surface area contributed by atoms with E-state index in [1.54, 1.807) is 0 Å². The highest BCUT2D eigenvalue weighted by atomic mass is 15.1. The Morgan fingerprint density at radius 1 is 1.11 bits per heavy atom. The van der Waals surface area contributed by atoms with E-state index in [0.717, 1.165) is 18.4 Å². The van der Waals surface area contributed by atoms with Crippen molar-refractivity contribution in [2.24, 2.45) is 11.8 Å². The highest BCUT2D eigenvalue weighted by molar-refractivity contribution is 4.72. The highest BCUT2D eigenvalue weighted by Crippen LogP contribution is 2.19. The molecular weight excluding hydrogens is 220 g/mol. The van der Waals surface area contributed by atoms with Gasteiger partial charge in [0.2, 0.25) is 0 Å². The Morgan fingerprint density at radius 2 is 1.78 bits per heavy atom. The largest absolute Gasteiger partial charge is 0.313 e. The van der Waals surface area contributed by atoms with E-state index in [0.29, 0.717) is 6.04 Å². The molecule has 108 valence electrons. The zero-order valence-corrected chi connectivity index (χ0v) is 13.0. The maximum absolute atomic E-state index is 3.67. The fraction of sp³-hybridized carbons (Fsp3) is 1.00. The second-order valence-electron chi connectivity index (χ2n) is 6.52. The van der Waals surface area contributed by atoms with Crippen LogP contribution in [0.25, 0.3) is 0 Å². The minimum atomic E-state index is 0.681. The van der Waals surface area contributed by atoms with Crippen LogP contribution in [0.15, 0.2) is 0 Å². The van der Waals surface area contributed by atoms with Gasteiger partial charge in [-0.05, 0) is 57.5 Å². The van der Waals surface area contributed by atoms with Gasteiger partial charge in [-0.2, -0.15) is 0 Å². The van der Waals surface area contributed by atoms with Gasteiger partial charge in [-0.3, -0.25) is 0 Å². The molecule has 1 aliphatic rings. The standard InChI is InChI=1S/C16H34N2/c1-5-16-8-11-18(12-9-16)13-10-17-15(4)7-6-14(2)3/h14-17H,5-13H2,1-4H3. The Hall–Kier alpha value is -0.0800. The Balaban J connectivity index is 2.01. The van der Waals surface area contributed by atoms with Crippen LogP contribution in [0.2, 0.25) is 0 Å². The Labute approximate surface area is 115 Å². The smallest absolute Gasteiger partial charge is 0.0107 e. The zero-order chi connectivity index (χ0) is 13.4. The average molecular weight is 254 g/mol. The minimum Gasteiger partial charge on any atom is -0.313 e. The molecular formula is C16H34N2. The lowest BCUT2D eigenvalue weighted by Gasteiger charge is -2.31. The van der Waals surface area contributed by atoms with E-state index in [1.807, 2.05) is 0 Å². The van der Waals surface area contributed by atoms with E-state index >= 15 is 0 Å². The summed E-state index contributed by atoms with van der Waals surface area (Å²) in [5.74, 6) is 1.83. The molecule has 1 heterocycles. The van der Waals surface area contributed by atoms with Crippen LogP contribution >= 0.6 is 0 Å². The molecule has 0 aromatic heterocycles. The van der Waals surface area contributed by atoms with Crippen molar-refractivity contribution in [2.45, 2.75) is 65.8 Å². The van der Waals surface area contributed by atoms with Crippen molar-refractivity contribution in [3.63, 3.8) is 0 Å². The summed E-state index contributed by atoms with van der Waals surface area (Å²) in [6.07, 6.45) is 6.86. The molecule has 0 aromatic rings. The molecule has 1 unspecified atom stereocenters. The maximum atomic E-state index is 3.67. The van der Waals surface area contributed by atoms with Gasteiger partial charge in [0.05, 0.1) is 0 Å². The quantitative estimate of drug-likeness (QED) is 0.713. The predicted molar refractivity (Wildman–Crippen MR) is 81.0 cm³/mol. The lowest BCUT2D eigenvalue weighted by atomic mass is 9.94. The lowest BCUT2D eigenvalue weighted by molar-refractivity contribution is 0.181. The molecule has 2 heteroatoms. The van der Waals surface area contributed by atoms with Crippen LogP contribution in [0.3, 0.4) is 0 Å². The summed E-state index contributed by atoms with van der Waals surface area (Å²) in [7, 11) is 0. The second-order valence-corrected chi connectivity index (χ2v) is 6.52. The molecule has 2 nitrogen and oxygen atoms in total. The summed E-state index contributed by atoms with van der Waals surface area (Å²) in [4.78, 5) is 2.63. The average Bonchev–Trinajstić information content (AvgIpc) is 2.37. The van der Waals surface area contributed by atoms with Gasteiger partial charge in [0, 0.05) is 19.1 Å². The second kappa shape index (κ2) is 8.92. The van der Waals surface area contributed by atoms with Gasteiger partial charge in [0.15, 0.2) is 0 Å². The maximum Gasteiger partial charge on any atom is 0.0107 e. The van der Waals surface area contributed by atoms with Crippen LogP contribution in [0.5, 0.6) is 0 Å². The summed E-state index contributed by atoms with van der Waals surface area (Å²) in [5.41, 5.74) is 0. The highest BCUT2D eigenvalue weighted by Gasteiger charge is 2.17. The molecule has 1 rings (SSSR count). The van der Waals surface area contributed by atoms with Crippen LogP contribution in [-0.4, -0.2) is 37.1 Å². The summed E-state index contributed by atoms with van der Waals surface area (Å²) in [5, 5.41) is 3.67. The van der Waals surface area contributed by atoms with Crippen molar-refractivity contribution in [1.29, 1.82) is 0 Å². The van der Waals surface area contributed by atoms with Gasteiger partial charge in [-0.1, -0.05) is 27.2 Å². The van der Waals surface area contributed by atoms with E-state index in [1.165, 1.54) is 51.7 Å². The molecule has 1 aliphatic heterocycles. The first kappa shape index (κ1) is 16.0. The van der Waals surface area contributed by atoms with Crippen LogP contribution in [0.4, 0.5) is 0 Å². The van der Waals surface area contributed by atoms with Crippen molar-refractivity contribution in [1.82, 2.24) is 10.2 Å². The SMILES string of the molecule is CCC1CCN(CCNC(C)CCC(C)C)CC1. The molecule has 0 aliphatic carbocycles. The molecule has 18 heavy (non-hydrogen) atoms. The third-order valence-electron chi connectivity index (χ3n) is 4.38. The molecule has 1 N–H and O–H groups in total. The van der Waals surface area contributed by atoms with E-state index < -0.39 is 0 Å². The molecule has 0 amide bonds. The van der Waals surface area contributed by atoms with E-state index in [9.17, 15) is 0 Å². The first-order chi connectivity index (χ1) is 8.61. The fourth-order valence-corrected chi connectivity index (χ4v) is 2.77. The van der Waals surface area contributed by atoms with Crippen molar-refractivity contribution in [3.8, 4) is 0 Å². The molecule has 0 aromatic carbocycles. The van der Waals surface area contributed by atoms with E-state index in [4.69, 9.17) is 0 Å². The van der Waals surface area contributed by atoms with E-state index in [2.05, 4.69) is 37.9 Å². The summed E-state index contributed by atoms with van der Waals surface area (Å²) in [6, 6.07) is 0.681. The number of hydrogen-bond donors (Lipinski definition) is 1. The topological polar surface area (TPSA) is 15.3 Å². The van der Waals surface area contributed by atoms with Crippen LogP contribution in [0, 0.1) is 11.8 Å². The Morgan fingerprint density at radius 3 is 2.33 bits per heavy atom. The summed E-state index contributed by atoms with van der Waals surface area (Å²) >= 11 is 0. The molecule has 1 fully saturated rings. The van der Waals surface area contributed by atoms with E-state index in [-0.39, 0.29) is 0 Å². The van der Waals surface area contributed by atoms with Gasteiger partial charge in [0.1, 0.15) is 0 Å². The van der Waals surface area contributed by atoms with Gasteiger partial charge < -0.3 is 10.2 Å². The Kier molecular flexibility index (Phi) is 7.92. The van der Waals surface area contributed by atoms with Gasteiger partial charge >= 0.3 is 0 Å². The minimum absolute atomic E-state index is 0.681. The number of piperidine rings is 1. The molecule has 0 spiro atoms. The van der Waals surface area contributed by atoms with Crippen LogP contribution < -0.4 is 5.32 Å². The number of hydrogen-bond acceptors (Lipinski definition) is 2. The van der Waals surface area contributed by atoms with Crippen molar-refractivity contribution in [3.05, 3.63) is 0 Å². The fourth-order valence-electron chi connectivity index (χ4n) is 2.77. The Bertz CT molecular complexity index is 195. The number of likely N-dealkylation sites (tertiary alicyclic amines) is 1. The monoisotopic (exact) mass is 254 g/mol. The van der Waals surface area contributed by atoms with Crippen molar-refractivity contribution in [2.75, 3.05) is 26.2 Å². The molecule has 0 bridgehead atoms. The summed E-state index contributed by atoms with van der Waals surface area (Å²) in [6.45, 7) is 14.3. The number of rotatable bonds is 8. The predicted octanol–water partition coefficient (Wildman–Crippen LogP) is 3.52. The first-order valence-electron chi connectivity index (χ1n) is 8.07. The lowest BCUT2D eigenvalue weighted by Crippen LogP contribution is -2.40. The molecule has 0 radical (unpaired) electrons. The third kappa shape index (κ3) is 6.75. The zero-order valence-electron chi connectivity index (χ0n) is 13.0. The number of nitrogens with one attached hydrogen (secondary N) is 1. The molecule has 1 atom stereocenters.